The third-order valence-corrected chi connectivity index (χ3v) is 8.00. The first-order valence-electron chi connectivity index (χ1n) is 9.79. The molecule has 4 aliphatic carbocycles. The van der Waals surface area contributed by atoms with Crippen LogP contribution in [0.4, 0.5) is 0 Å². The number of phenols is 1. The molecule has 131 valence electrons. The lowest BCUT2D eigenvalue weighted by atomic mass is 9.51. The average molecular weight is 335 g/mol. The van der Waals surface area contributed by atoms with Gasteiger partial charge in [-0.3, -0.25) is 0 Å². The Morgan fingerprint density at radius 3 is 2.64 bits per heavy atom. The second-order valence-electron chi connectivity index (χ2n) is 8.83. The van der Waals surface area contributed by atoms with Crippen molar-refractivity contribution < 1.29 is 10.2 Å². The van der Waals surface area contributed by atoms with Crippen LogP contribution in [0, 0.1) is 48.9 Å². The molecule has 5 radical (unpaired) electrons. The van der Waals surface area contributed by atoms with Crippen LogP contribution in [0.15, 0.2) is 18.2 Å². The molecule has 5 atom stereocenters. The van der Waals surface area contributed by atoms with Gasteiger partial charge in [-0.15, -0.1) is 0 Å². The fraction of sp³-hybridized carbons (Fsp3) is 0.522. The van der Waals surface area contributed by atoms with Gasteiger partial charge in [0.2, 0.25) is 0 Å². The van der Waals surface area contributed by atoms with Gasteiger partial charge in [-0.25, -0.2) is 0 Å². The Bertz CT molecular complexity index is 677. The van der Waals surface area contributed by atoms with Crippen LogP contribution in [0.25, 0.3) is 0 Å². The predicted octanol–water partition coefficient (Wildman–Crippen LogP) is 4.38. The number of aryl methyl sites for hydroxylation is 1. The minimum Gasteiger partial charge on any atom is -0.508 e. The molecular formula is C23H27O2. The summed E-state index contributed by atoms with van der Waals surface area (Å²) in [6.07, 6.45) is 14.8. The largest absolute Gasteiger partial charge is 0.508 e. The van der Waals surface area contributed by atoms with Gasteiger partial charge < -0.3 is 10.2 Å². The normalized spacial score (nSPS) is 43.5. The Labute approximate surface area is 151 Å². The highest BCUT2D eigenvalue weighted by Crippen LogP contribution is 2.67. The average Bonchev–Trinajstić information content (AvgIpc) is 3.22. The van der Waals surface area contributed by atoms with Crippen LogP contribution in [0.2, 0.25) is 0 Å². The molecule has 0 unspecified atom stereocenters. The molecule has 3 saturated carbocycles. The topological polar surface area (TPSA) is 40.5 Å². The lowest BCUT2D eigenvalue weighted by Gasteiger charge is -2.54. The van der Waals surface area contributed by atoms with Crippen molar-refractivity contribution in [2.75, 3.05) is 0 Å². The van der Waals surface area contributed by atoms with E-state index in [1.54, 1.807) is 0 Å². The molecule has 25 heavy (non-hydrogen) atoms. The van der Waals surface area contributed by atoms with Gasteiger partial charge in [-0.05, 0) is 105 Å². The van der Waals surface area contributed by atoms with Crippen LogP contribution in [0.3, 0.4) is 0 Å². The molecule has 0 aromatic heterocycles. The summed E-state index contributed by atoms with van der Waals surface area (Å²) in [7, 11) is 0. The summed E-state index contributed by atoms with van der Waals surface area (Å²) in [5, 5.41) is 21.5. The van der Waals surface area contributed by atoms with Crippen LogP contribution in [-0.4, -0.2) is 15.8 Å². The van der Waals surface area contributed by atoms with Crippen LogP contribution in [-0.2, 0) is 6.42 Å². The number of aromatic hydroxyl groups is 1. The second-order valence-corrected chi connectivity index (χ2v) is 8.83. The van der Waals surface area contributed by atoms with E-state index in [1.165, 1.54) is 17.5 Å². The quantitative estimate of drug-likeness (QED) is 0.799. The Morgan fingerprint density at radius 2 is 1.84 bits per heavy atom. The minimum atomic E-state index is -0.665. The van der Waals surface area contributed by atoms with Gasteiger partial charge in [-0.1, -0.05) is 13.0 Å². The standard InChI is InChI=1S/C23H27O2/c1-22-12-10-19-18-9-7-17(24)14-15(18)6-8-20(19)21(22)11-13-23(22,25)16-4-2-3-5-16/h2-5,7,9,14,19-21,24-25H,6,8,10-13H2,1H3/t19-,20-,21+,22+,23+/m1/s1. The summed E-state index contributed by atoms with van der Waals surface area (Å²) in [6, 6.07) is 5.97. The maximum absolute atomic E-state index is 11.7. The molecule has 0 saturated heterocycles. The maximum Gasteiger partial charge on any atom is 0.115 e. The first kappa shape index (κ1) is 16.2. The highest BCUT2D eigenvalue weighted by atomic mass is 16.3. The van der Waals surface area contributed by atoms with Gasteiger partial charge in [-0.2, -0.15) is 0 Å². The van der Waals surface area contributed by atoms with Crippen LogP contribution >= 0.6 is 0 Å². The number of benzene rings is 1. The molecule has 0 aliphatic heterocycles. The first-order chi connectivity index (χ1) is 12.0. The summed E-state index contributed by atoms with van der Waals surface area (Å²) >= 11 is 0. The third kappa shape index (κ3) is 2.13. The van der Waals surface area contributed by atoms with E-state index < -0.39 is 5.60 Å². The van der Waals surface area contributed by atoms with Gasteiger partial charge in [0, 0.05) is 11.3 Å². The van der Waals surface area contributed by atoms with Crippen LogP contribution < -0.4 is 0 Å². The zero-order valence-corrected chi connectivity index (χ0v) is 14.9. The summed E-state index contributed by atoms with van der Waals surface area (Å²) < 4.78 is 0. The van der Waals surface area contributed by atoms with E-state index >= 15 is 0 Å². The maximum atomic E-state index is 11.7. The molecule has 5 rings (SSSR count). The van der Waals surface area contributed by atoms with Crippen molar-refractivity contribution in [2.24, 2.45) is 17.3 Å². The molecule has 2 N–H and O–H groups in total. The number of hydrogen-bond donors (Lipinski definition) is 2. The van der Waals surface area contributed by atoms with Gasteiger partial charge in [0.05, 0.1) is 5.60 Å². The molecule has 4 aliphatic rings. The Balaban J connectivity index is 1.48. The highest BCUT2D eigenvalue weighted by molar-refractivity contribution is 5.45. The van der Waals surface area contributed by atoms with Gasteiger partial charge >= 0.3 is 0 Å². The fourth-order valence-electron chi connectivity index (χ4n) is 6.71. The molecule has 0 heterocycles. The van der Waals surface area contributed by atoms with Crippen LogP contribution in [0.1, 0.15) is 56.1 Å². The zero-order valence-electron chi connectivity index (χ0n) is 14.9. The van der Waals surface area contributed by atoms with Crippen molar-refractivity contribution >= 4 is 0 Å². The second kappa shape index (κ2) is 5.49. The highest BCUT2D eigenvalue weighted by Gasteiger charge is 2.64. The van der Waals surface area contributed by atoms with Gasteiger partial charge in [0.15, 0.2) is 0 Å². The molecule has 1 aromatic carbocycles. The van der Waals surface area contributed by atoms with E-state index in [4.69, 9.17) is 0 Å². The van der Waals surface area contributed by atoms with Crippen molar-refractivity contribution in [3.8, 4) is 5.75 Å². The SMILES string of the molecule is C[C@]12CC[C@@H]3c4ccc(O)cc4CC[C@H]3[C@@H]1CC[C@]2(O)[C]1[CH][CH][CH][CH]1. The summed E-state index contributed by atoms with van der Waals surface area (Å²) in [5.74, 6) is 3.37. The van der Waals surface area contributed by atoms with E-state index in [1.807, 2.05) is 12.1 Å². The predicted molar refractivity (Wildman–Crippen MR) is 98.1 cm³/mol. The summed E-state index contributed by atoms with van der Waals surface area (Å²) in [6.45, 7) is 2.35. The summed E-state index contributed by atoms with van der Waals surface area (Å²) in [4.78, 5) is 0. The van der Waals surface area contributed by atoms with Gasteiger partial charge in [0.1, 0.15) is 5.75 Å². The number of aliphatic hydroxyl groups is 1. The zero-order chi connectivity index (χ0) is 17.2. The Hall–Kier alpha value is -1.02. The van der Waals surface area contributed by atoms with Crippen molar-refractivity contribution in [3.63, 3.8) is 0 Å². The van der Waals surface area contributed by atoms with E-state index in [0.717, 1.165) is 38.0 Å². The molecule has 2 nitrogen and oxygen atoms in total. The molecule has 1 aromatic rings. The molecule has 0 spiro atoms. The monoisotopic (exact) mass is 335 g/mol. The van der Waals surface area contributed by atoms with E-state index in [2.05, 4.69) is 38.7 Å². The van der Waals surface area contributed by atoms with Crippen molar-refractivity contribution in [1.29, 1.82) is 0 Å². The number of fused-ring (bicyclic) bond motifs is 5. The van der Waals surface area contributed by atoms with Crippen molar-refractivity contribution in [2.45, 2.75) is 57.0 Å². The Kier molecular flexibility index (Phi) is 3.55. The first-order valence-corrected chi connectivity index (χ1v) is 9.79. The molecule has 2 heteroatoms. The summed E-state index contributed by atoms with van der Waals surface area (Å²) in [5.41, 5.74) is 2.12. The number of hydrogen-bond acceptors (Lipinski definition) is 2. The molecule has 0 bridgehead atoms. The van der Waals surface area contributed by atoms with Crippen molar-refractivity contribution in [1.82, 2.24) is 0 Å². The lowest BCUT2D eigenvalue weighted by Crippen LogP contribution is -2.53. The minimum absolute atomic E-state index is 0.0169. The smallest absolute Gasteiger partial charge is 0.115 e. The number of rotatable bonds is 1. The van der Waals surface area contributed by atoms with Crippen LogP contribution in [0.5, 0.6) is 5.75 Å². The molecule has 3 fully saturated rings. The molecule has 0 amide bonds. The number of phenolic OH excluding ortho intramolecular Hbond substituents is 1. The van der Waals surface area contributed by atoms with E-state index in [-0.39, 0.29) is 5.41 Å². The molecular weight excluding hydrogens is 308 g/mol. The Morgan fingerprint density at radius 1 is 1.04 bits per heavy atom. The third-order valence-electron chi connectivity index (χ3n) is 8.00. The van der Waals surface area contributed by atoms with Gasteiger partial charge in [0.25, 0.3) is 0 Å². The lowest BCUT2D eigenvalue weighted by molar-refractivity contribution is -0.0873. The van der Waals surface area contributed by atoms with E-state index in [9.17, 15) is 10.2 Å². The van der Waals surface area contributed by atoms with Crippen molar-refractivity contribution in [3.05, 3.63) is 60.9 Å². The fourth-order valence-corrected chi connectivity index (χ4v) is 6.71. The van der Waals surface area contributed by atoms with E-state index in [0.29, 0.717) is 23.5 Å².